The molecular weight excluding hydrogens is 667 g/mol. The molecule has 2 aliphatic carbocycles. The van der Waals surface area contributed by atoms with Gasteiger partial charge in [-0.05, 0) is 97.4 Å². The van der Waals surface area contributed by atoms with Gasteiger partial charge in [0.1, 0.15) is 11.9 Å². The summed E-state index contributed by atoms with van der Waals surface area (Å²) in [7, 11) is 0. The fourth-order valence-electron chi connectivity index (χ4n) is 9.56. The lowest BCUT2D eigenvalue weighted by Gasteiger charge is -2.31. The second kappa shape index (κ2) is 12.2. The molecule has 0 amide bonds. The highest BCUT2D eigenvalue weighted by Gasteiger charge is 2.38. The SMILES string of the molecule is CC1(C)c2ccccc2-c2c(N(c3ccc(-c4ccc5c6c(ccc5c4)OC4C=CC=CC64)cc3)c3ccccc3-c3cccc4ccccc34)cccc21. The molecule has 0 N–H and O–H groups in total. The average Bonchev–Trinajstić information content (AvgIpc) is 3.74. The molecule has 1 aliphatic heterocycles. The second-order valence-corrected chi connectivity index (χ2v) is 15.6. The van der Waals surface area contributed by atoms with Crippen LogP contribution in [0.2, 0.25) is 0 Å². The summed E-state index contributed by atoms with van der Waals surface area (Å²) in [5.41, 5.74) is 14.8. The van der Waals surface area contributed by atoms with Crippen molar-refractivity contribution < 1.29 is 4.74 Å². The highest BCUT2D eigenvalue weighted by molar-refractivity contribution is 6.03. The van der Waals surface area contributed by atoms with Gasteiger partial charge in [-0.15, -0.1) is 0 Å². The number of nitrogens with zero attached hydrogens (tertiary/aromatic N) is 1. The molecule has 0 bridgehead atoms. The lowest BCUT2D eigenvalue weighted by Crippen LogP contribution is -2.16. The Morgan fingerprint density at radius 1 is 0.509 bits per heavy atom. The monoisotopic (exact) mass is 705 g/mol. The van der Waals surface area contributed by atoms with E-state index in [9.17, 15) is 0 Å². The zero-order valence-electron chi connectivity index (χ0n) is 30.9. The molecule has 2 atom stereocenters. The number of allylic oxidation sites excluding steroid dienone is 2. The molecule has 0 saturated carbocycles. The normalized spacial score (nSPS) is 17.1. The summed E-state index contributed by atoms with van der Waals surface area (Å²) in [6.45, 7) is 4.72. The standard InChI is InChI=1S/C53H39NO/c1-53(2)45-20-8-5-17-43(45)52-46(53)21-12-23-48(52)54(47-22-9-6-16-42(47)41-19-11-14-35-13-3-4-15-39(35)41)38-29-25-34(26-30-38)36-27-31-40-37(33-36)28-32-50-51(40)44-18-7-10-24-49(44)55-50/h3-33,44,49H,1-2H3. The van der Waals surface area contributed by atoms with Crippen LogP contribution in [-0.2, 0) is 5.41 Å². The van der Waals surface area contributed by atoms with Gasteiger partial charge >= 0.3 is 0 Å². The molecule has 11 rings (SSSR count). The van der Waals surface area contributed by atoms with Gasteiger partial charge in [-0.1, -0.05) is 159 Å². The van der Waals surface area contributed by atoms with Gasteiger partial charge in [0.15, 0.2) is 0 Å². The number of benzene rings is 8. The summed E-state index contributed by atoms with van der Waals surface area (Å²) in [5.74, 6) is 1.26. The number of fused-ring (bicyclic) bond motifs is 9. The third kappa shape index (κ3) is 4.88. The molecule has 0 radical (unpaired) electrons. The molecular formula is C53H39NO. The molecule has 1 heterocycles. The minimum absolute atomic E-state index is 0.0805. The van der Waals surface area contributed by atoms with Crippen LogP contribution in [0.5, 0.6) is 5.75 Å². The number of ether oxygens (including phenoxy) is 1. The van der Waals surface area contributed by atoms with Crippen molar-refractivity contribution in [1.82, 2.24) is 0 Å². The van der Waals surface area contributed by atoms with Crippen molar-refractivity contribution in [3.05, 3.63) is 205 Å². The first-order valence-electron chi connectivity index (χ1n) is 19.3. The van der Waals surface area contributed by atoms with E-state index in [1.165, 1.54) is 77.3 Å². The Morgan fingerprint density at radius 2 is 1.20 bits per heavy atom. The van der Waals surface area contributed by atoms with Crippen LogP contribution >= 0.6 is 0 Å². The molecule has 2 heteroatoms. The molecule has 262 valence electrons. The van der Waals surface area contributed by atoms with E-state index in [0.29, 0.717) is 0 Å². The largest absolute Gasteiger partial charge is 0.485 e. The Labute approximate surface area is 322 Å². The van der Waals surface area contributed by atoms with E-state index in [1.54, 1.807) is 0 Å². The predicted octanol–water partition coefficient (Wildman–Crippen LogP) is 14.1. The number of para-hydroxylation sites is 1. The highest BCUT2D eigenvalue weighted by atomic mass is 16.5. The van der Waals surface area contributed by atoms with E-state index in [2.05, 4.69) is 207 Å². The third-order valence-corrected chi connectivity index (χ3v) is 12.2. The Balaban J connectivity index is 1.07. The van der Waals surface area contributed by atoms with Crippen LogP contribution in [0.3, 0.4) is 0 Å². The van der Waals surface area contributed by atoms with Gasteiger partial charge in [0.05, 0.1) is 11.4 Å². The first-order valence-corrected chi connectivity index (χ1v) is 19.3. The molecule has 3 aliphatic rings. The predicted molar refractivity (Wildman–Crippen MR) is 230 cm³/mol. The van der Waals surface area contributed by atoms with Gasteiger partial charge in [-0.3, -0.25) is 0 Å². The van der Waals surface area contributed by atoms with Gasteiger partial charge in [0, 0.05) is 33.7 Å². The fraction of sp³-hybridized carbons (Fsp3) is 0.0943. The fourth-order valence-corrected chi connectivity index (χ4v) is 9.56. The minimum Gasteiger partial charge on any atom is -0.485 e. The van der Waals surface area contributed by atoms with E-state index in [0.717, 1.165) is 17.1 Å². The number of anilines is 3. The van der Waals surface area contributed by atoms with Crippen LogP contribution in [0.4, 0.5) is 17.1 Å². The molecule has 55 heavy (non-hydrogen) atoms. The van der Waals surface area contributed by atoms with Crippen LogP contribution in [0.25, 0.3) is 54.9 Å². The van der Waals surface area contributed by atoms with Crippen molar-refractivity contribution in [2.75, 3.05) is 4.90 Å². The van der Waals surface area contributed by atoms with E-state index in [-0.39, 0.29) is 17.4 Å². The number of hydrogen-bond donors (Lipinski definition) is 0. The minimum atomic E-state index is -0.111. The van der Waals surface area contributed by atoms with Crippen LogP contribution in [0.15, 0.2) is 188 Å². The van der Waals surface area contributed by atoms with E-state index in [1.807, 2.05) is 0 Å². The van der Waals surface area contributed by atoms with Crippen LogP contribution in [0, 0.1) is 0 Å². The van der Waals surface area contributed by atoms with Gasteiger partial charge in [-0.25, -0.2) is 0 Å². The lowest BCUT2D eigenvalue weighted by molar-refractivity contribution is 0.269. The van der Waals surface area contributed by atoms with Crippen molar-refractivity contribution in [2.24, 2.45) is 0 Å². The van der Waals surface area contributed by atoms with Crippen molar-refractivity contribution in [3.8, 4) is 39.1 Å². The molecule has 0 aromatic heterocycles. The summed E-state index contributed by atoms with van der Waals surface area (Å²) in [4.78, 5) is 2.49. The lowest BCUT2D eigenvalue weighted by atomic mass is 9.82. The zero-order valence-corrected chi connectivity index (χ0v) is 30.9. The first kappa shape index (κ1) is 31.8. The Bertz CT molecular complexity index is 2890. The maximum absolute atomic E-state index is 6.32. The van der Waals surface area contributed by atoms with E-state index in [4.69, 9.17) is 4.74 Å². The second-order valence-electron chi connectivity index (χ2n) is 15.6. The Hall–Kier alpha value is -6.64. The maximum atomic E-state index is 6.32. The topological polar surface area (TPSA) is 12.5 Å². The average molecular weight is 706 g/mol. The van der Waals surface area contributed by atoms with Crippen molar-refractivity contribution >= 4 is 38.6 Å². The molecule has 8 aromatic carbocycles. The van der Waals surface area contributed by atoms with Gasteiger partial charge in [0.25, 0.3) is 0 Å². The molecule has 0 spiro atoms. The number of hydrogen-bond acceptors (Lipinski definition) is 2. The van der Waals surface area contributed by atoms with Crippen molar-refractivity contribution in [2.45, 2.75) is 31.3 Å². The van der Waals surface area contributed by atoms with Crippen LogP contribution < -0.4 is 9.64 Å². The summed E-state index contributed by atoms with van der Waals surface area (Å²) in [6.07, 6.45) is 8.75. The molecule has 2 nitrogen and oxygen atoms in total. The summed E-state index contributed by atoms with van der Waals surface area (Å²) >= 11 is 0. The molecule has 0 fully saturated rings. The van der Waals surface area contributed by atoms with Gasteiger partial charge < -0.3 is 9.64 Å². The molecule has 2 unspecified atom stereocenters. The van der Waals surface area contributed by atoms with Gasteiger partial charge in [-0.2, -0.15) is 0 Å². The summed E-state index contributed by atoms with van der Waals surface area (Å²) in [5, 5.41) is 4.99. The number of rotatable bonds is 5. The smallest absolute Gasteiger partial charge is 0.128 e. The molecule has 0 saturated heterocycles. The van der Waals surface area contributed by atoms with Crippen molar-refractivity contribution in [3.63, 3.8) is 0 Å². The quantitative estimate of drug-likeness (QED) is 0.177. The van der Waals surface area contributed by atoms with Crippen molar-refractivity contribution in [1.29, 1.82) is 0 Å². The highest BCUT2D eigenvalue weighted by Crippen LogP contribution is 2.55. The molecule has 8 aromatic rings. The van der Waals surface area contributed by atoms with Crippen LogP contribution in [-0.4, -0.2) is 6.10 Å². The first-order chi connectivity index (χ1) is 27.0. The van der Waals surface area contributed by atoms with Crippen LogP contribution in [0.1, 0.15) is 36.5 Å². The third-order valence-electron chi connectivity index (χ3n) is 12.2. The van der Waals surface area contributed by atoms with E-state index < -0.39 is 0 Å². The Kier molecular flexibility index (Phi) is 7.06. The Morgan fingerprint density at radius 3 is 2.11 bits per heavy atom. The summed E-state index contributed by atoms with van der Waals surface area (Å²) in [6, 6.07) is 60.5. The zero-order chi connectivity index (χ0) is 36.7. The summed E-state index contributed by atoms with van der Waals surface area (Å²) < 4.78 is 6.32. The van der Waals surface area contributed by atoms with Gasteiger partial charge in [0.2, 0.25) is 0 Å². The van der Waals surface area contributed by atoms with E-state index >= 15 is 0 Å². The maximum Gasteiger partial charge on any atom is 0.128 e.